The first-order valence-electron chi connectivity index (χ1n) is 7.99. The van der Waals surface area contributed by atoms with Crippen LogP contribution in [0.2, 0.25) is 0 Å². The summed E-state index contributed by atoms with van der Waals surface area (Å²) in [7, 11) is 0. The van der Waals surface area contributed by atoms with Crippen molar-refractivity contribution in [2.75, 3.05) is 19.6 Å². The average molecular weight is 285 g/mol. The van der Waals surface area contributed by atoms with Gasteiger partial charge in [-0.05, 0) is 37.9 Å². The van der Waals surface area contributed by atoms with Gasteiger partial charge in [0.05, 0.1) is 12.1 Å². The van der Waals surface area contributed by atoms with Crippen LogP contribution in [0.4, 0.5) is 0 Å². The molecule has 0 saturated carbocycles. The van der Waals surface area contributed by atoms with Crippen molar-refractivity contribution in [2.24, 2.45) is 5.92 Å². The first-order valence-corrected chi connectivity index (χ1v) is 7.99. The Hall–Kier alpha value is -1.61. The molecule has 1 aromatic heterocycles. The molecule has 2 aromatic rings. The number of nitrogens with zero attached hydrogens (tertiary/aromatic N) is 1. The Morgan fingerprint density at radius 3 is 2.81 bits per heavy atom. The van der Waals surface area contributed by atoms with Crippen molar-refractivity contribution < 1.29 is 9.21 Å². The number of carbonyl (C=O) groups is 1. The van der Waals surface area contributed by atoms with Gasteiger partial charge >= 0.3 is 0 Å². The van der Waals surface area contributed by atoms with Gasteiger partial charge in [0.2, 0.25) is 0 Å². The van der Waals surface area contributed by atoms with Crippen LogP contribution < -0.4 is 0 Å². The molecule has 0 amide bonds. The summed E-state index contributed by atoms with van der Waals surface area (Å²) < 4.78 is 5.47. The average Bonchev–Trinajstić information content (AvgIpc) is 2.93. The van der Waals surface area contributed by atoms with Crippen molar-refractivity contribution in [2.45, 2.75) is 32.6 Å². The molecule has 0 N–H and O–H groups in total. The number of ketones is 1. The van der Waals surface area contributed by atoms with Gasteiger partial charge in [0.15, 0.2) is 5.78 Å². The van der Waals surface area contributed by atoms with Crippen LogP contribution in [0.1, 0.15) is 43.0 Å². The molecule has 0 bridgehead atoms. The predicted octanol–water partition coefficient (Wildman–Crippen LogP) is 4.13. The van der Waals surface area contributed by atoms with E-state index in [9.17, 15) is 4.79 Å². The Labute approximate surface area is 125 Å². The summed E-state index contributed by atoms with van der Waals surface area (Å²) in [5.74, 6) is 1.03. The molecule has 1 aromatic carbocycles. The van der Waals surface area contributed by atoms with Crippen LogP contribution in [0.15, 0.2) is 34.9 Å². The number of hydrogen-bond acceptors (Lipinski definition) is 3. The number of carbonyl (C=O) groups excluding carboxylic acids is 1. The summed E-state index contributed by atoms with van der Waals surface area (Å²) >= 11 is 0. The Morgan fingerprint density at radius 2 is 2.05 bits per heavy atom. The third kappa shape index (κ3) is 3.18. The Kier molecular flexibility index (Phi) is 4.39. The zero-order valence-corrected chi connectivity index (χ0v) is 12.7. The van der Waals surface area contributed by atoms with Gasteiger partial charge in [-0.1, -0.05) is 38.0 Å². The molecule has 112 valence electrons. The van der Waals surface area contributed by atoms with E-state index in [4.69, 9.17) is 4.42 Å². The van der Waals surface area contributed by atoms with Crippen LogP contribution in [0, 0.1) is 5.92 Å². The van der Waals surface area contributed by atoms with Gasteiger partial charge in [-0.15, -0.1) is 0 Å². The molecule has 21 heavy (non-hydrogen) atoms. The van der Waals surface area contributed by atoms with E-state index < -0.39 is 0 Å². The lowest BCUT2D eigenvalue weighted by atomic mass is 9.92. The van der Waals surface area contributed by atoms with Crippen molar-refractivity contribution in [1.82, 2.24) is 4.90 Å². The van der Waals surface area contributed by atoms with Gasteiger partial charge in [-0.3, -0.25) is 9.69 Å². The maximum atomic E-state index is 12.5. The number of furan rings is 1. The third-order valence-electron chi connectivity index (χ3n) is 4.55. The highest BCUT2D eigenvalue weighted by Crippen LogP contribution is 2.24. The van der Waals surface area contributed by atoms with Gasteiger partial charge in [0.1, 0.15) is 11.8 Å². The highest BCUT2D eigenvalue weighted by Gasteiger charge is 2.22. The van der Waals surface area contributed by atoms with Crippen molar-refractivity contribution in [1.29, 1.82) is 0 Å². The zero-order valence-electron chi connectivity index (χ0n) is 12.7. The lowest BCUT2D eigenvalue weighted by Crippen LogP contribution is -2.37. The topological polar surface area (TPSA) is 33.5 Å². The van der Waals surface area contributed by atoms with Crippen LogP contribution >= 0.6 is 0 Å². The van der Waals surface area contributed by atoms with Gasteiger partial charge < -0.3 is 4.42 Å². The lowest BCUT2D eigenvalue weighted by molar-refractivity contribution is 0.0893. The number of benzene rings is 1. The first-order chi connectivity index (χ1) is 10.3. The van der Waals surface area contributed by atoms with Crippen LogP contribution in [0.25, 0.3) is 11.0 Å². The molecular formula is C18H23NO2. The lowest BCUT2D eigenvalue weighted by Gasteiger charge is -2.31. The standard InChI is InChI=1S/C18H23NO2/c1-2-5-14-8-10-19(11-9-14)12-17(20)16-13-21-18-7-4-3-6-15(16)18/h3-4,6-7,13-14H,2,5,8-12H2,1H3. The Bertz CT molecular complexity index is 608. The van der Waals surface area contributed by atoms with E-state index in [-0.39, 0.29) is 5.78 Å². The van der Waals surface area contributed by atoms with Crippen LogP contribution in [-0.2, 0) is 0 Å². The number of hydrogen-bond donors (Lipinski definition) is 0. The van der Waals surface area contributed by atoms with Crippen molar-refractivity contribution in [3.8, 4) is 0 Å². The number of Topliss-reactive ketones (excluding diaryl/α,β-unsaturated/α-hetero) is 1. The van der Waals surface area contributed by atoms with Crippen LogP contribution in [-0.4, -0.2) is 30.3 Å². The second kappa shape index (κ2) is 6.44. The fourth-order valence-corrected chi connectivity index (χ4v) is 3.32. The molecular weight excluding hydrogens is 262 g/mol. The van der Waals surface area contributed by atoms with Gasteiger partial charge in [-0.25, -0.2) is 0 Å². The number of rotatable bonds is 5. The van der Waals surface area contributed by atoms with E-state index in [0.717, 1.165) is 35.5 Å². The molecule has 0 aliphatic carbocycles. The molecule has 3 heteroatoms. The molecule has 1 fully saturated rings. The fraction of sp³-hybridized carbons (Fsp3) is 0.500. The van der Waals surface area contributed by atoms with Crippen LogP contribution in [0.5, 0.6) is 0 Å². The number of para-hydroxylation sites is 1. The van der Waals surface area contributed by atoms with E-state index in [1.165, 1.54) is 25.7 Å². The second-order valence-electron chi connectivity index (χ2n) is 6.08. The minimum atomic E-state index is 0.175. The molecule has 1 saturated heterocycles. The maximum absolute atomic E-state index is 12.5. The highest BCUT2D eigenvalue weighted by molar-refractivity contribution is 6.08. The summed E-state index contributed by atoms with van der Waals surface area (Å²) in [6, 6.07) is 7.74. The molecule has 0 unspecified atom stereocenters. The summed E-state index contributed by atoms with van der Waals surface area (Å²) in [5, 5.41) is 0.934. The Balaban J connectivity index is 1.62. The second-order valence-corrected chi connectivity index (χ2v) is 6.08. The normalized spacial score (nSPS) is 17.4. The van der Waals surface area contributed by atoms with Gasteiger partial charge in [-0.2, -0.15) is 0 Å². The molecule has 3 rings (SSSR count). The van der Waals surface area contributed by atoms with Gasteiger partial charge in [0.25, 0.3) is 0 Å². The maximum Gasteiger partial charge on any atom is 0.180 e. The summed E-state index contributed by atoms with van der Waals surface area (Å²) in [6.07, 6.45) is 6.66. The molecule has 1 aliphatic rings. The fourth-order valence-electron chi connectivity index (χ4n) is 3.32. The van der Waals surface area contributed by atoms with E-state index in [1.807, 2.05) is 24.3 Å². The molecule has 2 heterocycles. The minimum absolute atomic E-state index is 0.175. The summed E-state index contributed by atoms with van der Waals surface area (Å²) in [5.41, 5.74) is 1.52. The SMILES string of the molecule is CCCC1CCN(CC(=O)c2coc3ccccc23)CC1. The molecule has 1 aliphatic heterocycles. The number of fused-ring (bicyclic) bond motifs is 1. The van der Waals surface area contributed by atoms with E-state index in [2.05, 4.69) is 11.8 Å². The molecule has 3 nitrogen and oxygen atoms in total. The van der Waals surface area contributed by atoms with Crippen molar-refractivity contribution in [3.63, 3.8) is 0 Å². The van der Waals surface area contributed by atoms with E-state index in [0.29, 0.717) is 6.54 Å². The predicted molar refractivity (Wildman–Crippen MR) is 84.6 cm³/mol. The number of piperidine rings is 1. The highest BCUT2D eigenvalue weighted by atomic mass is 16.3. The largest absolute Gasteiger partial charge is 0.464 e. The van der Waals surface area contributed by atoms with Gasteiger partial charge in [0, 0.05) is 5.39 Å². The van der Waals surface area contributed by atoms with Crippen molar-refractivity contribution in [3.05, 3.63) is 36.1 Å². The molecule has 0 spiro atoms. The minimum Gasteiger partial charge on any atom is -0.464 e. The first kappa shape index (κ1) is 14.3. The van der Waals surface area contributed by atoms with E-state index in [1.54, 1.807) is 6.26 Å². The number of likely N-dealkylation sites (tertiary alicyclic amines) is 1. The Morgan fingerprint density at radius 1 is 1.29 bits per heavy atom. The molecule has 0 radical (unpaired) electrons. The van der Waals surface area contributed by atoms with Crippen molar-refractivity contribution >= 4 is 16.8 Å². The quantitative estimate of drug-likeness (QED) is 0.775. The zero-order chi connectivity index (χ0) is 14.7. The van der Waals surface area contributed by atoms with E-state index >= 15 is 0 Å². The molecule has 0 atom stereocenters. The van der Waals surface area contributed by atoms with Crippen LogP contribution in [0.3, 0.4) is 0 Å². The summed E-state index contributed by atoms with van der Waals surface area (Å²) in [6.45, 7) is 4.86. The third-order valence-corrected chi connectivity index (χ3v) is 4.55. The monoisotopic (exact) mass is 285 g/mol. The summed E-state index contributed by atoms with van der Waals surface area (Å²) in [4.78, 5) is 14.8. The smallest absolute Gasteiger partial charge is 0.180 e.